The molecule has 1 N–H and O–H groups in total. The van der Waals surface area contributed by atoms with Crippen molar-refractivity contribution in [2.75, 3.05) is 19.7 Å². The fraction of sp³-hybridized carbons (Fsp3) is 0.280. The van der Waals surface area contributed by atoms with Gasteiger partial charge >= 0.3 is 0 Å². The lowest BCUT2D eigenvalue weighted by Gasteiger charge is -2.70. The molecule has 3 aromatic rings. The Morgan fingerprint density at radius 3 is 2.27 bits per heavy atom. The van der Waals surface area contributed by atoms with Crippen LogP contribution >= 0.6 is 0 Å². The maximum atomic E-state index is 13.0. The number of aliphatic hydroxyl groups is 1. The summed E-state index contributed by atoms with van der Waals surface area (Å²) in [5, 5.41) is 10.2. The molecule has 5 rings (SSSR count). The number of rotatable bonds is 5. The standard InChI is InChI=1S/C25H25N3O2/c29-16-22-23(19-9-3-1-4-10-19)25(28(22)15-21-13-7-8-14-26-21)17-27(18-25)24(30)20-11-5-2-6-12-20/h1-14,22-23,29H,15-18H2/t22-,23+/m1/s1. The highest BCUT2D eigenvalue weighted by molar-refractivity contribution is 5.95. The summed E-state index contributed by atoms with van der Waals surface area (Å²) in [6.45, 7) is 2.07. The first-order valence-corrected chi connectivity index (χ1v) is 10.4. The molecule has 0 bridgehead atoms. The third-order valence-electron chi connectivity index (χ3n) is 6.58. The number of hydrogen-bond acceptors (Lipinski definition) is 4. The summed E-state index contributed by atoms with van der Waals surface area (Å²) in [7, 11) is 0. The number of aromatic nitrogens is 1. The van der Waals surface area contributed by atoms with Gasteiger partial charge in [-0.2, -0.15) is 0 Å². The van der Waals surface area contributed by atoms with Gasteiger partial charge in [-0.05, 0) is 29.8 Å². The molecular formula is C25H25N3O2. The number of aliphatic hydroxyl groups excluding tert-OH is 1. The molecule has 5 nitrogen and oxygen atoms in total. The summed E-state index contributed by atoms with van der Waals surface area (Å²) in [5.74, 6) is 0.255. The van der Waals surface area contributed by atoms with E-state index in [-0.39, 0.29) is 30.0 Å². The molecule has 1 spiro atoms. The van der Waals surface area contributed by atoms with Gasteiger partial charge in [0.2, 0.25) is 0 Å². The van der Waals surface area contributed by atoms with E-state index >= 15 is 0 Å². The summed E-state index contributed by atoms with van der Waals surface area (Å²) < 4.78 is 0. The molecule has 0 aliphatic carbocycles. The number of carbonyl (C=O) groups excluding carboxylic acids is 1. The third kappa shape index (κ3) is 3.02. The molecule has 3 heterocycles. The maximum absolute atomic E-state index is 13.0. The van der Waals surface area contributed by atoms with Gasteiger partial charge in [0.15, 0.2) is 0 Å². The lowest BCUT2D eigenvalue weighted by molar-refractivity contribution is -0.184. The molecule has 2 aliphatic rings. The number of carbonyl (C=O) groups is 1. The van der Waals surface area contributed by atoms with Gasteiger partial charge in [0.1, 0.15) is 0 Å². The molecule has 2 aromatic carbocycles. The van der Waals surface area contributed by atoms with Gasteiger partial charge in [-0.25, -0.2) is 0 Å². The average molecular weight is 399 g/mol. The minimum absolute atomic E-state index is 0.0170. The Balaban J connectivity index is 1.43. The summed E-state index contributed by atoms with van der Waals surface area (Å²) >= 11 is 0. The van der Waals surface area contributed by atoms with Gasteiger partial charge in [0.05, 0.1) is 17.8 Å². The Hall–Kier alpha value is -3.02. The molecular weight excluding hydrogens is 374 g/mol. The van der Waals surface area contributed by atoms with Crippen molar-refractivity contribution < 1.29 is 9.90 Å². The Kier molecular flexibility index (Phi) is 4.85. The number of benzene rings is 2. The molecule has 2 saturated heterocycles. The third-order valence-corrected chi connectivity index (χ3v) is 6.58. The number of amides is 1. The topological polar surface area (TPSA) is 56.7 Å². The van der Waals surface area contributed by atoms with E-state index in [1.165, 1.54) is 5.56 Å². The second-order valence-electron chi connectivity index (χ2n) is 8.22. The van der Waals surface area contributed by atoms with Gasteiger partial charge in [0, 0.05) is 43.4 Å². The predicted molar refractivity (Wildman–Crippen MR) is 115 cm³/mol. The van der Waals surface area contributed by atoms with Crippen molar-refractivity contribution in [3.63, 3.8) is 0 Å². The molecule has 2 atom stereocenters. The number of nitrogens with zero attached hydrogens (tertiary/aromatic N) is 3. The zero-order chi connectivity index (χ0) is 20.6. The molecule has 152 valence electrons. The summed E-state index contributed by atoms with van der Waals surface area (Å²) in [6, 6.07) is 25.8. The second-order valence-corrected chi connectivity index (χ2v) is 8.22. The Bertz CT molecular complexity index is 1000. The van der Waals surface area contributed by atoms with Crippen molar-refractivity contribution in [1.29, 1.82) is 0 Å². The monoisotopic (exact) mass is 399 g/mol. The lowest BCUT2D eigenvalue weighted by Crippen LogP contribution is -2.84. The fourth-order valence-corrected chi connectivity index (χ4v) is 5.20. The van der Waals surface area contributed by atoms with E-state index in [1.807, 2.05) is 71.6 Å². The molecule has 0 radical (unpaired) electrons. The van der Waals surface area contributed by atoms with Crippen LogP contribution in [0.3, 0.4) is 0 Å². The maximum Gasteiger partial charge on any atom is 0.253 e. The highest BCUT2D eigenvalue weighted by Gasteiger charge is 2.66. The first-order valence-electron chi connectivity index (χ1n) is 10.4. The molecule has 2 aliphatic heterocycles. The number of likely N-dealkylation sites (tertiary alicyclic amines) is 2. The highest BCUT2D eigenvalue weighted by atomic mass is 16.3. The van der Waals surface area contributed by atoms with E-state index in [4.69, 9.17) is 0 Å². The van der Waals surface area contributed by atoms with E-state index in [1.54, 1.807) is 6.20 Å². The molecule has 1 aromatic heterocycles. The molecule has 1 amide bonds. The van der Waals surface area contributed by atoms with Gasteiger partial charge in [-0.1, -0.05) is 54.6 Å². The minimum Gasteiger partial charge on any atom is -0.395 e. The molecule has 2 fully saturated rings. The van der Waals surface area contributed by atoms with Crippen LogP contribution in [0.2, 0.25) is 0 Å². The van der Waals surface area contributed by atoms with Crippen molar-refractivity contribution in [2.45, 2.75) is 24.0 Å². The van der Waals surface area contributed by atoms with Crippen LogP contribution < -0.4 is 0 Å². The quantitative estimate of drug-likeness (QED) is 0.717. The van der Waals surface area contributed by atoms with Crippen LogP contribution in [0.5, 0.6) is 0 Å². The zero-order valence-electron chi connectivity index (χ0n) is 16.8. The second kappa shape index (κ2) is 7.67. The first kappa shape index (κ1) is 19.0. The van der Waals surface area contributed by atoms with Crippen molar-refractivity contribution >= 4 is 5.91 Å². The van der Waals surface area contributed by atoms with E-state index in [0.717, 1.165) is 11.3 Å². The van der Waals surface area contributed by atoms with E-state index in [9.17, 15) is 9.90 Å². The van der Waals surface area contributed by atoms with Crippen LogP contribution in [0.4, 0.5) is 0 Å². The first-order chi connectivity index (χ1) is 14.7. The molecule has 0 unspecified atom stereocenters. The van der Waals surface area contributed by atoms with Gasteiger partial charge in [0.25, 0.3) is 5.91 Å². The van der Waals surface area contributed by atoms with E-state index in [2.05, 4.69) is 22.0 Å². The summed E-state index contributed by atoms with van der Waals surface area (Å²) in [6.07, 6.45) is 1.80. The Morgan fingerprint density at radius 1 is 0.967 bits per heavy atom. The molecule has 5 heteroatoms. The molecule has 0 saturated carbocycles. The largest absolute Gasteiger partial charge is 0.395 e. The van der Waals surface area contributed by atoms with Gasteiger partial charge < -0.3 is 10.0 Å². The average Bonchev–Trinajstić information content (AvgIpc) is 2.77. The zero-order valence-corrected chi connectivity index (χ0v) is 16.8. The van der Waals surface area contributed by atoms with Crippen LogP contribution in [-0.2, 0) is 6.54 Å². The van der Waals surface area contributed by atoms with Crippen LogP contribution in [0.1, 0.15) is 27.5 Å². The van der Waals surface area contributed by atoms with Crippen molar-refractivity contribution in [3.8, 4) is 0 Å². The van der Waals surface area contributed by atoms with Crippen molar-refractivity contribution in [1.82, 2.24) is 14.8 Å². The van der Waals surface area contributed by atoms with Crippen LogP contribution in [0, 0.1) is 0 Å². The Labute approximate surface area is 176 Å². The van der Waals surface area contributed by atoms with E-state index in [0.29, 0.717) is 19.6 Å². The molecule has 30 heavy (non-hydrogen) atoms. The van der Waals surface area contributed by atoms with Crippen LogP contribution in [-0.4, -0.2) is 57.1 Å². The van der Waals surface area contributed by atoms with Crippen molar-refractivity contribution in [2.24, 2.45) is 0 Å². The fourth-order valence-electron chi connectivity index (χ4n) is 5.20. The minimum atomic E-state index is -0.170. The summed E-state index contributed by atoms with van der Waals surface area (Å²) in [4.78, 5) is 21.7. The predicted octanol–water partition coefficient (Wildman–Crippen LogP) is 2.94. The van der Waals surface area contributed by atoms with Crippen molar-refractivity contribution in [3.05, 3.63) is 102 Å². The van der Waals surface area contributed by atoms with E-state index < -0.39 is 0 Å². The Morgan fingerprint density at radius 2 is 1.63 bits per heavy atom. The van der Waals surface area contributed by atoms with Crippen LogP contribution in [0.25, 0.3) is 0 Å². The lowest BCUT2D eigenvalue weighted by atomic mass is 9.60. The number of hydrogen-bond donors (Lipinski definition) is 1. The van der Waals surface area contributed by atoms with Crippen LogP contribution in [0.15, 0.2) is 85.1 Å². The highest BCUT2D eigenvalue weighted by Crippen LogP contribution is 2.54. The van der Waals surface area contributed by atoms with Gasteiger partial charge in [-0.15, -0.1) is 0 Å². The summed E-state index contributed by atoms with van der Waals surface area (Å²) in [5.41, 5.74) is 2.75. The normalized spacial score (nSPS) is 22.4. The van der Waals surface area contributed by atoms with Gasteiger partial charge in [-0.3, -0.25) is 14.7 Å². The smallest absolute Gasteiger partial charge is 0.253 e. The SMILES string of the molecule is O=C(c1ccccc1)N1CC2(C1)[C@@H](c1ccccc1)[C@@H](CO)N2Cc1ccccn1. The number of pyridine rings is 1.